The summed E-state index contributed by atoms with van der Waals surface area (Å²) >= 11 is 0. The van der Waals surface area contributed by atoms with Crippen LogP contribution in [0.5, 0.6) is 0 Å². The van der Waals surface area contributed by atoms with Crippen LogP contribution in [-0.4, -0.2) is 23.7 Å². The molecule has 100 valence electrons. The Morgan fingerprint density at radius 3 is 2.53 bits per heavy atom. The third kappa shape index (κ3) is 4.13. The van der Waals surface area contributed by atoms with Gasteiger partial charge in [0.1, 0.15) is 5.60 Å². The minimum absolute atomic E-state index is 0.0966. The number of hydrogen-bond donors (Lipinski definition) is 1. The molecule has 1 aliphatic carbocycles. The summed E-state index contributed by atoms with van der Waals surface area (Å²) in [4.78, 5) is 11.5. The number of ether oxygens (including phenoxy) is 1. The van der Waals surface area contributed by atoms with E-state index < -0.39 is 29.6 Å². The molecule has 2 atom stereocenters. The van der Waals surface area contributed by atoms with Gasteiger partial charge in [0.15, 0.2) is 0 Å². The second kappa shape index (κ2) is 4.78. The monoisotopic (exact) mass is 249 g/mol. The zero-order chi connectivity index (χ0) is 13.3. The van der Waals surface area contributed by atoms with Crippen LogP contribution in [-0.2, 0) is 4.74 Å². The van der Waals surface area contributed by atoms with Gasteiger partial charge in [-0.05, 0) is 33.6 Å². The van der Waals surface area contributed by atoms with Gasteiger partial charge >= 0.3 is 6.09 Å². The fourth-order valence-corrected chi connectivity index (χ4v) is 1.99. The number of carbonyl (C=O) groups excluding carboxylic acids is 1. The predicted octanol–water partition coefficient (Wildman–Crippen LogP) is 3.34. The Kier molecular flexibility index (Phi) is 3.99. The number of rotatable bonds is 1. The fourth-order valence-electron chi connectivity index (χ4n) is 1.99. The lowest BCUT2D eigenvalue weighted by Crippen LogP contribution is -2.50. The van der Waals surface area contributed by atoms with Crippen molar-refractivity contribution in [3.8, 4) is 0 Å². The molecular weight excluding hydrogens is 228 g/mol. The summed E-state index contributed by atoms with van der Waals surface area (Å²) in [5, 5.41) is 2.54. The maximum atomic E-state index is 13.4. The highest BCUT2D eigenvalue weighted by atomic mass is 19.3. The average molecular weight is 249 g/mol. The van der Waals surface area contributed by atoms with Crippen LogP contribution in [0.1, 0.15) is 47.0 Å². The van der Waals surface area contributed by atoms with Crippen molar-refractivity contribution in [3.63, 3.8) is 0 Å². The lowest BCUT2D eigenvalue weighted by Gasteiger charge is -2.36. The molecule has 1 saturated carbocycles. The molecule has 0 spiro atoms. The van der Waals surface area contributed by atoms with Gasteiger partial charge < -0.3 is 10.1 Å². The lowest BCUT2D eigenvalue weighted by molar-refractivity contribution is -0.0907. The van der Waals surface area contributed by atoms with E-state index in [1.54, 1.807) is 20.8 Å². The lowest BCUT2D eigenvalue weighted by atomic mass is 9.82. The van der Waals surface area contributed by atoms with E-state index in [4.69, 9.17) is 4.74 Å². The van der Waals surface area contributed by atoms with Gasteiger partial charge in [0, 0.05) is 18.4 Å². The van der Waals surface area contributed by atoms with Gasteiger partial charge in [0.2, 0.25) is 0 Å². The number of carbonyl (C=O) groups is 1. The summed E-state index contributed by atoms with van der Waals surface area (Å²) in [6, 6.07) is -0.506. The van der Waals surface area contributed by atoms with Crippen LogP contribution in [0.2, 0.25) is 0 Å². The smallest absolute Gasteiger partial charge is 0.407 e. The van der Waals surface area contributed by atoms with Crippen LogP contribution in [0.4, 0.5) is 13.6 Å². The Hall–Kier alpha value is -0.870. The normalized spacial score (nSPS) is 28.6. The molecule has 0 aliphatic heterocycles. The topological polar surface area (TPSA) is 38.3 Å². The van der Waals surface area contributed by atoms with Crippen molar-refractivity contribution < 1.29 is 18.3 Å². The van der Waals surface area contributed by atoms with Crippen LogP contribution in [0.25, 0.3) is 0 Å². The van der Waals surface area contributed by atoms with Gasteiger partial charge in [0.25, 0.3) is 5.92 Å². The van der Waals surface area contributed by atoms with Crippen LogP contribution < -0.4 is 5.32 Å². The number of halogens is 2. The third-order valence-electron chi connectivity index (χ3n) is 3.00. The van der Waals surface area contributed by atoms with Crippen molar-refractivity contribution in [2.45, 2.75) is 64.5 Å². The molecule has 1 aliphatic rings. The fraction of sp³-hybridized carbons (Fsp3) is 0.917. The van der Waals surface area contributed by atoms with Crippen molar-refractivity contribution in [1.29, 1.82) is 0 Å². The molecule has 17 heavy (non-hydrogen) atoms. The Morgan fingerprint density at radius 2 is 2.00 bits per heavy atom. The molecule has 0 saturated heterocycles. The second-order valence-electron chi connectivity index (χ2n) is 5.69. The standard InChI is InChI=1S/C12H21F2NO2/c1-8-9(6-5-7-12(8,13)14)15-10(16)17-11(2,3)4/h8-9H,5-7H2,1-4H3,(H,15,16)/t8?,9-/m1/s1. The second-order valence-corrected chi connectivity index (χ2v) is 5.69. The summed E-state index contributed by atoms with van der Waals surface area (Å²) < 4.78 is 32.0. The number of alkyl halides is 2. The molecule has 1 unspecified atom stereocenters. The first-order valence-electron chi connectivity index (χ1n) is 5.99. The molecule has 3 nitrogen and oxygen atoms in total. The zero-order valence-electron chi connectivity index (χ0n) is 10.8. The van der Waals surface area contributed by atoms with Crippen molar-refractivity contribution in [2.24, 2.45) is 5.92 Å². The van der Waals surface area contributed by atoms with Crippen molar-refractivity contribution >= 4 is 6.09 Å². The first-order valence-corrected chi connectivity index (χ1v) is 5.99. The summed E-state index contributed by atoms with van der Waals surface area (Å²) in [7, 11) is 0. The van der Waals surface area contributed by atoms with Crippen molar-refractivity contribution in [3.05, 3.63) is 0 Å². The van der Waals surface area contributed by atoms with Crippen LogP contribution in [0, 0.1) is 5.92 Å². The van der Waals surface area contributed by atoms with Crippen LogP contribution >= 0.6 is 0 Å². The first-order chi connectivity index (χ1) is 7.62. The Bertz CT molecular complexity index is 287. The molecule has 1 amide bonds. The number of amides is 1. The summed E-state index contributed by atoms with van der Waals surface area (Å²) in [6.45, 7) is 6.70. The van der Waals surface area contributed by atoms with Gasteiger partial charge in [-0.3, -0.25) is 0 Å². The molecule has 5 heteroatoms. The van der Waals surface area contributed by atoms with Crippen LogP contribution in [0.15, 0.2) is 0 Å². The van der Waals surface area contributed by atoms with Crippen molar-refractivity contribution in [1.82, 2.24) is 5.32 Å². The average Bonchev–Trinajstić information content (AvgIpc) is 2.09. The van der Waals surface area contributed by atoms with Crippen LogP contribution in [0.3, 0.4) is 0 Å². The highest BCUT2D eigenvalue weighted by molar-refractivity contribution is 5.68. The van der Waals surface area contributed by atoms with E-state index in [2.05, 4.69) is 5.32 Å². The van der Waals surface area contributed by atoms with E-state index in [9.17, 15) is 13.6 Å². The van der Waals surface area contributed by atoms with Gasteiger partial charge in [0.05, 0.1) is 0 Å². The van der Waals surface area contributed by atoms with Gasteiger partial charge in [-0.15, -0.1) is 0 Å². The van der Waals surface area contributed by atoms with Gasteiger partial charge in [-0.25, -0.2) is 13.6 Å². The summed E-state index contributed by atoms with van der Waals surface area (Å²) in [6.07, 6.45) is 0.293. The molecule has 1 N–H and O–H groups in total. The molecular formula is C12H21F2NO2. The molecule has 0 radical (unpaired) electrons. The van der Waals surface area contributed by atoms with Gasteiger partial charge in [-0.2, -0.15) is 0 Å². The molecule has 0 bridgehead atoms. The van der Waals surface area contributed by atoms with E-state index in [-0.39, 0.29) is 6.42 Å². The highest BCUT2D eigenvalue weighted by Gasteiger charge is 2.44. The summed E-state index contributed by atoms with van der Waals surface area (Å²) in [5.74, 6) is -3.54. The largest absolute Gasteiger partial charge is 0.444 e. The Morgan fingerprint density at radius 1 is 1.41 bits per heavy atom. The molecule has 0 aromatic heterocycles. The van der Waals surface area contributed by atoms with E-state index in [1.165, 1.54) is 6.92 Å². The minimum atomic E-state index is -2.70. The quantitative estimate of drug-likeness (QED) is 0.774. The molecule has 0 aromatic rings. The Labute approximate surface area is 101 Å². The summed E-state index contributed by atoms with van der Waals surface area (Å²) in [5.41, 5.74) is -0.607. The maximum absolute atomic E-state index is 13.4. The Balaban J connectivity index is 2.54. The number of hydrogen-bond acceptors (Lipinski definition) is 2. The van der Waals surface area contributed by atoms with Crippen molar-refractivity contribution in [2.75, 3.05) is 0 Å². The van der Waals surface area contributed by atoms with E-state index in [0.717, 1.165) is 0 Å². The minimum Gasteiger partial charge on any atom is -0.444 e. The van der Waals surface area contributed by atoms with E-state index >= 15 is 0 Å². The molecule has 0 heterocycles. The maximum Gasteiger partial charge on any atom is 0.407 e. The molecule has 1 rings (SSSR count). The number of nitrogens with one attached hydrogen (secondary N) is 1. The van der Waals surface area contributed by atoms with Gasteiger partial charge in [-0.1, -0.05) is 6.92 Å². The molecule has 1 fully saturated rings. The third-order valence-corrected chi connectivity index (χ3v) is 3.00. The first kappa shape index (κ1) is 14.2. The predicted molar refractivity (Wildman–Crippen MR) is 61.1 cm³/mol. The van der Waals surface area contributed by atoms with E-state index in [1.807, 2.05) is 0 Å². The SMILES string of the molecule is CC1[C@H](NC(=O)OC(C)(C)C)CCCC1(F)F. The molecule has 0 aromatic carbocycles. The number of alkyl carbamates (subject to hydrolysis) is 1. The van der Waals surface area contributed by atoms with E-state index in [0.29, 0.717) is 12.8 Å². The highest BCUT2D eigenvalue weighted by Crippen LogP contribution is 2.38. The zero-order valence-corrected chi connectivity index (χ0v) is 10.8.